The van der Waals surface area contributed by atoms with Gasteiger partial charge in [-0.1, -0.05) is 32.0 Å². The van der Waals surface area contributed by atoms with Gasteiger partial charge in [0.05, 0.1) is 22.2 Å². The molecule has 0 aliphatic rings. The van der Waals surface area contributed by atoms with Crippen LogP contribution in [-0.2, 0) is 10.2 Å². The predicted octanol–water partition coefficient (Wildman–Crippen LogP) is 4.76. The minimum absolute atomic E-state index is 0.0806. The minimum Gasteiger partial charge on any atom is -0.491 e. The van der Waals surface area contributed by atoms with Gasteiger partial charge < -0.3 is 24.4 Å². The van der Waals surface area contributed by atoms with Crippen molar-refractivity contribution < 1.29 is 24.4 Å². The topological polar surface area (TPSA) is 68.2 Å². The first-order valence-electron chi connectivity index (χ1n) is 10.3. The van der Waals surface area contributed by atoms with Crippen LogP contribution in [0.3, 0.4) is 0 Å². The maximum absolute atomic E-state index is 9.94. The number of aliphatic hydroxyl groups excluding tert-OH is 2. The summed E-state index contributed by atoms with van der Waals surface area (Å²) in [5.41, 5.74) is 2.07. The van der Waals surface area contributed by atoms with Crippen LogP contribution in [0.2, 0.25) is 0 Å². The third-order valence-electron chi connectivity index (χ3n) is 4.90. The molecule has 0 amide bonds. The molecule has 0 aliphatic heterocycles. The Morgan fingerprint density at radius 2 is 1.52 bits per heavy atom. The van der Waals surface area contributed by atoms with Crippen LogP contribution < -0.4 is 9.47 Å². The Kier molecular flexibility index (Phi) is 10.4. The number of hydrogen-bond acceptors (Lipinski definition) is 5. The molecule has 0 unspecified atom stereocenters. The monoisotopic (exact) mass is 562 g/mol. The molecule has 172 valence electrons. The van der Waals surface area contributed by atoms with Crippen LogP contribution in [0.4, 0.5) is 0 Å². The van der Waals surface area contributed by atoms with Gasteiger partial charge in [-0.2, -0.15) is 0 Å². The third kappa shape index (κ3) is 8.09. The molecule has 2 atom stereocenters. The van der Waals surface area contributed by atoms with E-state index in [0.29, 0.717) is 5.75 Å². The highest BCUT2D eigenvalue weighted by Gasteiger charge is 2.24. The van der Waals surface area contributed by atoms with E-state index in [9.17, 15) is 10.2 Å². The molecule has 2 aromatic carbocycles. The Bertz CT molecular complexity index is 810. The fourth-order valence-corrected chi connectivity index (χ4v) is 3.68. The van der Waals surface area contributed by atoms with Gasteiger partial charge in [-0.3, -0.25) is 0 Å². The van der Waals surface area contributed by atoms with Crippen LogP contribution in [0.15, 0.2) is 42.5 Å². The zero-order chi connectivity index (χ0) is 23.0. The number of hydrogen-bond donors (Lipinski definition) is 2. The van der Waals surface area contributed by atoms with E-state index in [-0.39, 0.29) is 37.2 Å². The first-order valence-corrected chi connectivity index (χ1v) is 11.9. The highest BCUT2D eigenvalue weighted by molar-refractivity contribution is 14.1. The Labute approximate surface area is 203 Å². The van der Waals surface area contributed by atoms with Crippen molar-refractivity contribution in [2.24, 2.45) is 0 Å². The van der Waals surface area contributed by atoms with Gasteiger partial charge in [0.25, 0.3) is 0 Å². The van der Waals surface area contributed by atoms with Crippen molar-refractivity contribution >= 4 is 34.2 Å². The van der Waals surface area contributed by atoms with Crippen LogP contribution in [-0.4, -0.2) is 54.2 Å². The lowest BCUT2D eigenvalue weighted by Crippen LogP contribution is -2.25. The number of ether oxygens (including phenoxy) is 3. The first kappa shape index (κ1) is 26.2. The molecule has 2 N–H and O–H groups in total. The van der Waals surface area contributed by atoms with Crippen molar-refractivity contribution in [3.05, 3.63) is 57.2 Å². The van der Waals surface area contributed by atoms with Crippen LogP contribution in [0.5, 0.6) is 11.5 Å². The lowest BCUT2D eigenvalue weighted by atomic mass is 9.78. The molecule has 0 heterocycles. The van der Waals surface area contributed by atoms with Crippen molar-refractivity contribution in [3.63, 3.8) is 0 Å². The van der Waals surface area contributed by atoms with Crippen molar-refractivity contribution in [1.82, 2.24) is 0 Å². The second kappa shape index (κ2) is 12.3. The standard InChI is InChI=1S/C24H32ClIO5/c1-16(2)29-14-20(28)15-30-21-8-5-17(6-9-21)24(3,4)18-7-10-23(22(26)11-18)31-13-19(27)12-25/h5-11,16,19-20,27-28H,12-15H2,1-4H3/t19-,20+/m0/s1. The molecule has 0 radical (unpaired) electrons. The summed E-state index contributed by atoms with van der Waals surface area (Å²) in [5, 5.41) is 19.5. The van der Waals surface area contributed by atoms with Gasteiger partial charge in [-0.15, -0.1) is 11.6 Å². The van der Waals surface area contributed by atoms with Crippen molar-refractivity contribution in [2.45, 2.75) is 51.4 Å². The summed E-state index contributed by atoms with van der Waals surface area (Å²) in [6, 6.07) is 14.0. The summed E-state index contributed by atoms with van der Waals surface area (Å²) >= 11 is 7.87. The summed E-state index contributed by atoms with van der Waals surface area (Å²) in [5.74, 6) is 1.58. The molecule has 0 aromatic heterocycles. The van der Waals surface area contributed by atoms with E-state index in [4.69, 9.17) is 25.8 Å². The maximum atomic E-state index is 9.94. The number of aliphatic hydroxyl groups is 2. The second-order valence-electron chi connectivity index (χ2n) is 8.26. The van der Waals surface area contributed by atoms with Gasteiger partial charge in [-0.05, 0) is 71.8 Å². The summed E-state index contributed by atoms with van der Waals surface area (Å²) in [4.78, 5) is 0. The molecular weight excluding hydrogens is 531 g/mol. The Hall–Kier alpha value is -1.06. The molecule has 0 fully saturated rings. The fraction of sp³-hybridized carbons (Fsp3) is 0.500. The minimum atomic E-state index is -0.682. The smallest absolute Gasteiger partial charge is 0.132 e. The van der Waals surface area contributed by atoms with Crippen molar-refractivity contribution in [1.29, 1.82) is 0 Å². The summed E-state index contributed by atoms with van der Waals surface area (Å²) in [6.07, 6.45) is -1.26. The van der Waals surface area contributed by atoms with E-state index in [1.54, 1.807) is 0 Å². The normalized spacial score (nSPS) is 13.8. The van der Waals surface area contributed by atoms with Gasteiger partial charge in [-0.25, -0.2) is 0 Å². The molecule has 0 saturated heterocycles. The average Bonchev–Trinajstić information content (AvgIpc) is 2.75. The average molecular weight is 563 g/mol. The van der Waals surface area contributed by atoms with E-state index in [1.165, 1.54) is 0 Å². The SMILES string of the molecule is CC(C)OC[C@@H](O)COc1ccc(C(C)(C)c2ccc(OC[C@@H](O)CCl)c(I)c2)cc1. The zero-order valence-corrected chi connectivity index (χ0v) is 21.4. The lowest BCUT2D eigenvalue weighted by molar-refractivity contribution is -0.0122. The Balaban J connectivity index is 2.02. The maximum Gasteiger partial charge on any atom is 0.132 e. The second-order valence-corrected chi connectivity index (χ2v) is 9.73. The van der Waals surface area contributed by atoms with Gasteiger partial charge in [0, 0.05) is 5.41 Å². The Morgan fingerprint density at radius 1 is 0.903 bits per heavy atom. The van der Waals surface area contributed by atoms with E-state index < -0.39 is 12.2 Å². The first-order chi connectivity index (χ1) is 14.6. The van der Waals surface area contributed by atoms with E-state index in [0.717, 1.165) is 20.4 Å². The summed E-state index contributed by atoms with van der Waals surface area (Å²) in [7, 11) is 0. The van der Waals surface area contributed by atoms with Gasteiger partial charge >= 0.3 is 0 Å². The molecule has 7 heteroatoms. The van der Waals surface area contributed by atoms with Crippen molar-refractivity contribution in [2.75, 3.05) is 25.7 Å². The molecule has 31 heavy (non-hydrogen) atoms. The third-order valence-corrected chi connectivity index (χ3v) is 6.10. The highest BCUT2D eigenvalue weighted by atomic mass is 127. The molecule has 2 aromatic rings. The van der Waals surface area contributed by atoms with Crippen LogP contribution in [0.25, 0.3) is 0 Å². The summed E-state index contributed by atoms with van der Waals surface area (Å²) < 4.78 is 17.7. The predicted molar refractivity (Wildman–Crippen MR) is 133 cm³/mol. The molecule has 0 saturated carbocycles. The van der Waals surface area contributed by atoms with Gasteiger partial charge in [0.2, 0.25) is 0 Å². The van der Waals surface area contributed by atoms with Crippen LogP contribution >= 0.6 is 34.2 Å². The number of alkyl halides is 1. The van der Waals surface area contributed by atoms with E-state index in [2.05, 4.69) is 42.5 Å². The molecule has 0 aliphatic carbocycles. The largest absolute Gasteiger partial charge is 0.491 e. The molecule has 2 rings (SSSR count). The molecule has 0 bridgehead atoms. The highest BCUT2D eigenvalue weighted by Crippen LogP contribution is 2.35. The molecule has 0 spiro atoms. The zero-order valence-electron chi connectivity index (χ0n) is 18.5. The summed E-state index contributed by atoms with van der Waals surface area (Å²) in [6.45, 7) is 8.81. The van der Waals surface area contributed by atoms with Crippen LogP contribution in [0, 0.1) is 3.57 Å². The molecular formula is C24H32ClIO5. The van der Waals surface area contributed by atoms with Crippen LogP contribution in [0.1, 0.15) is 38.8 Å². The van der Waals surface area contributed by atoms with Gasteiger partial charge in [0.15, 0.2) is 0 Å². The van der Waals surface area contributed by atoms with E-state index in [1.807, 2.05) is 50.2 Å². The van der Waals surface area contributed by atoms with E-state index >= 15 is 0 Å². The Morgan fingerprint density at radius 3 is 2.10 bits per heavy atom. The molecule has 5 nitrogen and oxygen atoms in total. The van der Waals surface area contributed by atoms with Gasteiger partial charge in [0.1, 0.15) is 36.9 Å². The number of benzene rings is 2. The number of rotatable bonds is 12. The fourth-order valence-electron chi connectivity index (χ4n) is 2.92. The van der Waals surface area contributed by atoms with Crippen molar-refractivity contribution in [3.8, 4) is 11.5 Å². The lowest BCUT2D eigenvalue weighted by Gasteiger charge is -2.27. The number of halogens is 2. The quantitative estimate of drug-likeness (QED) is 0.288.